The Labute approximate surface area is 341 Å². The Morgan fingerprint density at radius 1 is 0.898 bits per heavy atom. The van der Waals surface area contributed by atoms with Crippen LogP contribution < -0.4 is 9.47 Å². The molecular formula is C46H47FN3O9+. The van der Waals surface area contributed by atoms with E-state index >= 15 is 4.39 Å². The summed E-state index contributed by atoms with van der Waals surface area (Å²) in [7, 11) is 2.03. The maximum atomic E-state index is 16.4. The van der Waals surface area contributed by atoms with Crippen LogP contribution in [0.1, 0.15) is 65.5 Å². The quantitative estimate of drug-likeness (QED) is 0.0225. The van der Waals surface area contributed by atoms with E-state index in [1.807, 2.05) is 88.5 Å². The summed E-state index contributed by atoms with van der Waals surface area (Å²) in [5.41, 5.74) is 2.12. The van der Waals surface area contributed by atoms with Crippen LogP contribution in [0.3, 0.4) is 0 Å². The van der Waals surface area contributed by atoms with Gasteiger partial charge in [0.25, 0.3) is 5.69 Å². The van der Waals surface area contributed by atoms with Crippen molar-refractivity contribution in [3.8, 4) is 11.5 Å². The number of non-ortho nitro benzene ring substituents is 1. The first kappa shape index (κ1) is 41.0. The van der Waals surface area contributed by atoms with E-state index < -0.39 is 22.7 Å². The number of likely N-dealkylation sites (N-methyl/N-ethyl adjacent to an activating group) is 1. The molecular weight excluding hydrogens is 758 g/mol. The van der Waals surface area contributed by atoms with Crippen molar-refractivity contribution in [2.75, 3.05) is 26.7 Å². The number of amides is 1. The Balaban J connectivity index is 1.08. The number of hydrogen-bond acceptors (Lipinski definition) is 9. The second-order valence-corrected chi connectivity index (χ2v) is 16.4. The lowest BCUT2D eigenvalue weighted by molar-refractivity contribution is -0.894. The van der Waals surface area contributed by atoms with Crippen molar-refractivity contribution < 1.29 is 47.2 Å². The van der Waals surface area contributed by atoms with Crippen LogP contribution in [0, 0.1) is 39.6 Å². The molecule has 2 saturated heterocycles. The third kappa shape index (κ3) is 8.52. The third-order valence-corrected chi connectivity index (χ3v) is 11.8. The average Bonchev–Trinajstić information content (AvgIpc) is 3.70. The lowest BCUT2D eigenvalue weighted by Gasteiger charge is -2.47. The number of β-lactam (4-membered cyclic amide) rings is 1. The van der Waals surface area contributed by atoms with Gasteiger partial charge in [0.2, 0.25) is 5.91 Å². The predicted molar refractivity (Wildman–Crippen MR) is 214 cm³/mol. The number of nitrogens with zero attached hydrogens (tertiary/aromatic N) is 3. The Morgan fingerprint density at radius 3 is 2.14 bits per heavy atom. The van der Waals surface area contributed by atoms with Crippen molar-refractivity contribution in [1.82, 2.24) is 4.90 Å². The Kier molecular flexibility index (Phi) is 11.8. The Bertz CT molecular complexity index is 2300. The summed E-state index contributed by atoms with van der Waals surface area (Å²) in [6.07, 6.45) is 0.753. The number of nitro benzene ring substituents is 1. The molecule has 3 aliphatic heterocycles. The van der Waals surface area contributed by atoms with Crippen molar-refractivity contribution in [1.29, 1.82) is 0 Å². The molecule has 3 aliphatic rings. The van der Waals surface area contributed by atoms with Crippen LogP contribution in [-0.4, -0.2) is 70.7 Å². The predicted octanol–water partition coefficient (Wildman–Crippen LogP) is 7.70. The van der Waals surface area contributed by atoms with Crippen LogP contribution in [0.15, 0.2) is 108 Å². The maximum Gasteiger partial charge on any atom is 0.363 e. The van der Waals surface area contributed by atoms with Crippen LogP contribution in [-0.2, 0) is 27.5 Å². The molecule has 0 aliphatic carbocycles. The molecule has 0 saturated carbocycles. The molecule has 7 rings (SSSR count). The van der Waals surface area contributed by atoms with Gasteiger partial charge in [-0.3, -0.25) is 19.7 Å². The standard InChI is InChI=1S/C46H47FN3O9/c1-28(2)39-41-29(3)36(42(48(41)44(39)52)46(54)59-45(53)33-15-17-34(18-16-33)49(55)56)25-50(4)22-21-32(24-50)23-37(51)35-19-20-38(57-26-30-11-7-5-8-12-30)43(40(35)47)58-27-31-13-9-6-10-14-31/h5-20,28-29,32,39,41H,21-27H2,1-4H3/q+1/t29-,32-,39+,41+,50?/m0/s1. The van der Waals surface area contributed by atoms with Crippen molar-refractivity contribution in [3.63, 3.8) is 0 Å². The summed E-state index contributed by atoms with van der Waals surface area (Å²) in [6, 6.07) is 26.3. The van der Waals surface area contributed by atoms with E-state index in [1.165, 1.54) is 23.1 Å². The van der Waals surface area contributed by atoms with Gasteiger partial charge in [0.1, 0.15) is 25.5 Å². The number of halogens is 1. The van der Waals surface area contributed by atoms with Gasteiger partial charge in [0.05, 0.1) is 48.1 Å². The Hall–Kier alpha value is -6.21. The minimum absolute atomic E-state index is 0.0191. The average molecular weight is 805 g/mol. The zero-order valence-electron chi connectivity index (χ0n) is 33.5. The molecule has 4 aromatic rings. The van der Waals surface area contributed by atoms with E-state index in [9.17, 15) is 29.3 Å². The molecule has 0 N–H and O–H groups in total. The van der Waals surface area contributed by atoms with Gasteiger partial charge in [0, 0.05) is 42.4 Å². The van der Waals surface area contributed by atoms with Crippen molar-refractivity contribution in [2.45, 2.75) is 52.9 Å². The number of rotatable bonds is 15. The fourth-order valence-corrected chi connectivity index (χ4v) is 8.80. The van der Waals surface area contributed by atoms with Gasteiger partial charge >= 0.3 is 11.9 Å². The lowest BCUT2D eigenvalue weighted by Crippen LogP contribution is -2.62. The molecule has 1 unspecified atom stereocenters. The van der Waals surface area contributed by atoms with Crippen molar-refractivity contribution in [3.05, 3.63) is 147 Å². The van der Waals surface area contributed by atoms with Crippen LogP contribution in [0.2, 0.25) is 0 Å². The SMILES string of the molecule is CC(C)[C@H]1C(=O)N2C(C(=O)OC(=O)c3ccc([N+](=O)[O-])cc3)=C(C[N+]3(C)CC[C@@H](CC(=O)c4ccc(OCc5ccccc5)c(OCc5ccccc5)c4F)C3)[C@H](C)[C@H]12. The number of ether oxygens (including phenoxy) is 3. The molecule has 0 spiro atoms. The van der Waals surface area contributed by atoms with E-state index in [0.29, 0.717) is 36.1 Å². The van der Waals surface area contributed by atoms with E-state index in [0.717, 1.165) is 23.3 Å². The molecule has 13 heteroatoms. The highest BCUT2D eigenvalue weighted by Gasteiger charge is 2.60. The van der Waals surface area contributed by atoms with E-state index in [-0.39, 0.29) is 95.0 Å². The van der Waals surface area contributed by atoms with E-state index in [1.54, 1.807) is 6.07 Å². The van der Waals surface area contributed by atoms with E-state index in [2.05, 4.69) is 0 Å². The third-order valence-electron chi connectivity index (χ3n) is 11.8. The van der Waals surface area contributed by atoms with Gasteiger partial charge in [-0.2, -0.15) is 0 Å². The molecule has 0 bridgehead atoms. The second-order valence-electron chi connectivity index (χ2n) is 16.4. The zero-order valence-corrected chi connectivity index (χ0v) is 33.5. The summed E-state index contributed by atoms with van der Waals surface area (Å²) in [5, 5.41) is 11.1. The molecule has 1 amide bonds. The van der Waals surface area contributed by atoms with Gasteiger partial charge < -0.3 is 23.6 Å². The number of carbonyl (C=O) groups excluding carboxylic acids is 4. The minimum atomic E-state index is -0.988. The number of ketones is 1. The first-order chi connectivity index (χ1) is 28.2. The van der Waals surface area contributed by atoms with Crippen LogP contribution >= 0.6 is 0 Å². The number of quaternary nitrogens is 1. The van der Waals surface area contributed by atoms with Crippen LogP contribution in [0.4, 0.5) is 10.1 Å². The first-order valence-electron chi connectivity index (χ1n) is 19.8. The fraction of sp³-hybridized carbons (Fsp3) is 0.348. The van der Waals surface area contributed by atoms with Gasteiger partial charge in [-0.05, 0) is 41.3 Å². The molecule has 12 nitrogen and oxygen atoms in total. The largest absolute Gasteiger partial charge is 0.485 e. The van der Waals surface area contributed by atoms with Gasteiger partial charge in [-0.15, -0.1) is 0 Å². The molecule has 0 radical (unpaired) electrons. The van der Waals surface area contributed by atoms with Crippen LogP contribution in [0.25, 0.3) is 0 Å². The highest BCUT2D eigenvalue weighted by molar-refractivity contribution is 6.06. The number of hydrogen-bond donors (Lipinski definition) is 0. The summed E-state index contributed by atoms with van der Waals surface area (Å²) >= 11 is 0. The number of fused-ring (bicyclic) bond motifs is 1. The van der Waals surface area contributed by atoms with Crippen LogP contribution in [0.5, 0.6) is 11.5 Å². The monoisotopic (exact) mass is 804 g/mol. The van der Waals surface area contributed by atoms with Gasteiger partial charge in [-0.1, -0.05) is 81.4 Å². The lowest BCUT2D eigenvalue weighted by atomic mass is 9.74. The van der Waals surface area contributed by atoms with Gasteiger partial charge in [-0.25, -0.2) is 14.0 Å². The summed E-state index contributed by atoms with van der Waals surface area (Å²) in [5.74, 6) is -3.84. The number of Topliss-reactive ketones (excluding diaryl/α,β-unsaturated/α-hetero) is 1. The topological polar surface area (TPSA) is 142 Å². The number of esters is 2. The molecule has 0 aromatic heterocycles. The molecule has 5 atom stereocenters. The van der Waals surface area contributed by atoms with Crippen molar-refractivity contribution in [2.24, 2.45) is 23.7 Å². The molecule has 306 valence electrons. The summed E-state index contributed by atoms with van der Waals surface area (Å²) in [6.45, 7) is 7.73. The molecule has 2 fully saturated rings. The highest BCUT2D eigenvalue weighted by atomic mass is 19.1. The normalized spacial score (nSPS) is 22.2. The van der Waals surface area contributed by atoms with E-state index in [4.69, 9.17) is 14.2 Å². The Morgan fingerprint density at radius 2 is 1.53 bits per heavy atom. The molecule has 59 heavy (non-hydrogen) atoms. The smallest absolute Gasteiger partial charge is 0.363 e. The van der Waals surface area contributed by atoms with Crippen molar-refractivity contribution >= 4 is 29.3 Å². The number of carbonyl (C=O) groups is 4. The highest BCUT2D eigenvalue weighted by Crippen LogP contribution is 2.49. The number of likely N-dealkylation sites (tertiary alicyclic amines) is 1. The number of nitro groups is 1. The second kappa shape index (κ2) is 16.9. The number of benzene rings is 4. The summed E-state index contributed by atoms with van der Waals surface area (Å²) < 4.78 is 34.1. The molecule has 3 heterocycles. The first-order valence-corrected chi connectivity index (χ1v) is 19.8. The molecule has 4 aromatic carbocycles. The fourth-order valence-electron chi connectivity index (χ4n) is 8.80. The zero-order chi connectivity index (χ0) is 42.0. The maximum absolute atomic E-state index is 16.4. The van der Waals surface area contributed by atoms with Gasteiger partial charge in [0.15, 0.2) is 23.1 Å². The summed E-state index contributed by atoms with van der Waals surface area (Å²) in [4.78, 5) is 66.2. The minimum Gasteiger partial charge on any atom is -0.485 e.